The molecule has 0 saturated heterocycles. The second-order valence-corrected chi connectivity index (χ2v) is 4.27. The van der Waals surface area contributed by atoms with Crippen LogP contribution in [0.3, 0.4) is 0 Å². The Bertz CT molecular complexity index is 599. The van der Waals surface area contributed by atoms with Gasteiger partial charge >= 0.3 is 0 Å². The van der Waals surface area contributed by atoms with E-state index in [0.717, 1.165) is 11.3 Å². The lowest BCUT2D eigenvalue weighted by molar-refractivity contribution is 0.0950. The molecule has 20 heavy (non-hydrogen) atoms. The molecule has 0 aliphatic rings. The van der Waals surface area contributed by atoms with E-state index in [-0.39, 0.29) is 5.91 Å². The minimum Gasteiger partial charge on any atom is -0.494 e. The van der Waals surface area contributed by atoms with Gasteiger partial charge in [-0.3, -0.25) is 4.79 Å². The highest BCUT2D eigenvalue weighted by atomic mass is 19.1. The molecule has 0 bridgehead atoms. The largest absolute Gasteiger partial charge is 0.494 e. The molecule has 1 amide bonds. The Hall–Kier alpha value is -2.36. The summed E-state index contributed by atoms with van der Waals surface area (Å²) in [6.45, 7) is 2.88. The Kier molecular flexibility index (Phi) is 4.71. The molecule has 4 heteroatoms. The van der Waals surface area contributed by atoms with Crippen molar-refractivity contribution in [2.75, 3.05) is 6.61 Å². The van der Waals surface area contributed by atoms with Crippen molar-refractivity contribution in [3.8, 4) is 5.75 Å². The molecule has 0 saturated carbocycles. The van der Waals surface area contributed by atoms with Crippen molar-refractivity contribution >= 4 is 5.91 Å². The molecule has 1 N–H and O–H groups in total. The molecule has 2 aromatic rings. The molecule has 0 atom stereocenters. The van der Waals surface area contributed by atoms with E-state index >= 15 is 0 Å². The minimum absolute atomic E-state index is 0.300. The van der Waals surface area contributed by atoms with Crippen LogP contribution < -0.4 is 10.1 Å². The van der Waals surface area contributed by atoms with Gasteiger partial charge in [0, 0.05) is 12.1 Å². The smallest absolute Gasteiger partial charge is 0.251 e. The zero-order valence-corrected chi connectivity index (χ0v) is 11.2. The summed E-state index contributed by atoms with van der Waals surface area (Å²) in [4.78, 5) is 11.9. The Labute approximate surface area is 117 Å². The van der Waals surface area contributed by atoms with Crippen LogP contribution in [0.2, 0.25) is 0 Å². The van der Waals surface area contributed by atoms with Gasteiger partial charge in [0.15, 0.2) is 0 Å². The number of carbonyl (C=O) groups is 1. The van der Waals surface area contributed by atoms with Crippen molar-refractivity contribution in [1.29, 1.82) is 0 Å². The predicted molar refractivity (Wildman–Crippen MR) is 75.2 cm³/mol. The highest BCUT2D eigenvalue weighted by Gasteiger charge is 2.06. The number of benzene rings is 2. The lowest BCUT2D eigenvalue weighted by Crippen LogP contribution is -2.22. The van der Waals surface area contributed by atoms with Crippen molar-refractivity contribution in [1.82, 2.24) is 5.32 Å². The molecular weight excluding hydrogens is 257 g/mol. The molecular formula is C16H16FNO2. The SMILES string of the molecule is CCOc1cccc(CNC(=O)c2cccc(F)c2)c1. The normalized spacial score (nSPS) is 10.1. The van der Waals surface area contributed by atoms with E-state index in [2.05, 4.69) is 5.32 Å². The monoisotopic (exact) mass is 273 g/mol. The van der Waals surface area contributed by atoms with Gasteiger partial charge in [-0.15, -0.1) is 0 Å². The van der Waals surface area contributed by atoms with Crippen LogP contribution >= 0.6 is 0 Å². The molecule has 0 aliphatic heterocycles. The van der Waals surface area contributed by atoms with Crippen LogP contribution in [-0.2, 0) is 6.54 Å². The first-order valence-corrected chi connectivity index (χ1v) is 6.44. The number of carbonyl (C=O) groups excluding carboxylic acids is 1. The molecule has 3 nitrogen and oxygen atoms in total. The number of halogens is 1. The summed E-state index contributed by atoms with van der Waals surface area (Å²) in [6.07, 6.45) is 0. The average molecular weight is 273 g/mol. The number of hydrogen-bond donors (Lipinski definition) is 1. The van der Waals surface area contributed by atoms with Crippen LogP contribution in [-0.4, -0.2) is 12.5 Å². The van der Waals surface area contributed by atoms with Gasteiger partial charge < -0.3 is 10.1 Å². The lowest BCUT2D eigenvalue weighted by atomic mass is 10.2. The summed E-state index contributed by atoms with van der Waals surface area (Å²) in [7, 11) is 0. The summed E-state index contributed by atoms with van der Waals surface area (Å²) >= 11 is 0. The minimum atomic E-state index is -0.420. The molecule has 0 aliphatic carbocycles. The third-order valence-electron chi connectivity index (χ3n) is 2.75. The number of rotatable bonds is 5. The molecule has 104 valence electrons. The van der Waals surface area contributed by atoms with E-state index in [9.17, 15) is 9.18 Å². The summed E-state index contributed by atoms with van der Waals surface area (Å²) in [5, 5.41) is 2.75. The Morgan fingerprint density at radius 3 is 2.75 bits per heavy atom. The average Bonchev–Trinajstić information content (AvgIpc) is 2.45. The number of hydrogen-bond acceptors (Lipinski definition) is 2. The van der Waals surface area contributed by atoms with Crippen molar-refractivity contribution < 1.29 is 13.9 Å². The van der Waals surface area contributed by atoms with Crippen LogP contribution in [0.15, 0.2) is 48.5 Å². The highest BCUT2D eigenvalue weighted by Crippen LogP contribution is 2.13. The summed E-state index contributed by atoms with van der Waals surface area (Å²) in [6, 6.07) is 13.1. The summed E-state index contributed by atoms with van der Waals surface area (Å²) in [5.41, 5.74) is 1.24. The van der Waals surface area contributed by atoms with Gasteiger partial charge in [0.05, 0.1) is 6.61 Å². The van der Waals surface area contributed by atoms with Gasteiger partial charge in [0.25, 0.3) is 5.91 Å². The van der Waals surface area contributed by atoms with Crippen LogP contribution in [0.25, 0.3) is 0 Å². The maximum absolute atomic E-state index is 13.0. The first kappa shape index (κ1) is 14.1. The van der Waals surface area contributed by atoms with Crippen LogP contribution in [0.5, 0.6) is 5.75 Å². The molecule has 0 radical (unpaired) electrons. The molecule has 0 heterocycles. The first-order chi connectivity index (χ1) is 9.69. The van der Waals surface area contributed by atoms with Crippen molar-refractivity contribution in [3.63, 3.8) is 0 Å². The van der Waals surface area contributed by atoms with Crippen molar-refractivity contribution in [3.05, 3.63) is 65.5 Å². The Morgan fingerprint density at radius 1 is 1.20 bits per heavy atom. The topological polar surface area (TPSA) is 38.3 Å². The van der Waals surface area contributed by atoms with Crippen molar-refractivity contribution in [2.45, 2.75) is 13.5 Å². The van der Waals surface area contributed by atoms with E-state index in [0.29, 0.717) is 18.7 Å². The van der Waals surface area contributed by atoms with Gasteiger partial charge in [0.1, 0.15) is 11.6 Å². The predicted octanol–water partition coefficient (Wildman–Crippen LogP) is 3.15. The second kappa shape index (κ2) is 6.70. The van der Waals surface area contributed by atoms with Gasteiger partial charge in [-0.25, -0.2) is 4.39 Å². The van der Waals surface area contributed by atoms with E-state index in [4.69, 9.17) is 4.74 Å². The molecule has 2 rings (SSSR count). The number of ether oxygens (including phenoxy) is 1. The summed E-state index contributed by atoms with van der Waals surface area (Å²) in [5.74, 6) is 0.0484. The Morgan fingerprint density at radius 2 is 2.00 bits per heavy atom. The van der Waals surface area contributed by atoms with Gasteiger partial charge in [-0.05, 0) is 42.8 Å². The van der Waals surface area contributed by atoms with E-state index in [1.807, 2.05) is 31.2 Å². The molecule has 0 aromatic heterocycles. The first-order valence-electron chi connectivity index (χ1n) is 6.44. The second-order valence-electron chi connectivity index (χ2n) is 4.27. The molecule has 0 fully saturated rings. The fourth-order valence-electron chi connectivity index (χ4n) is 1.83. The van der Waals surface area contributed by atoms with Crippen LogP contribution in [0.4, 0.5) is 4.39 Å². The molecule has 0 spiro atoms. The van der Waals surface area contributed by atoms with Gasteiger partial charge in [-0.1, -0.05) is 18.2 Å². The van der Waals surface area contributed by atoms with E-state index < -0.39 is 5.82 Å². The fourth-order valence-corrected chi connectivity index (χ4v) is 1.83. The zero-order chi connectivity index (χ0) is 14.4. The standard InChI is InChI=1S/C16H16FNO2/c1-2-20-15-8-3-5-12(9-15)11-18-16(19)13-6-4-7-14(17)10-13/h3-10H,2,11H2,1H3,(H,18,19). The maximum Gasteiger partial charge on any atom is 0.251 e. The Balaban J connectivity index is 1.98. The highest BCUT2D eigenvalue weighted by molar-refractivity contribution is 5.94. The number of nitrogens with one attached hydrogen (secondary N) is 1. The van der Waals surface area contributed by atoms with Crippen LogP contribution in [0, 0.1) is 5.82 Å². The summed E-state index contributed by atoms with van der Waals surface area (Å²) < 4.78 is 18.4. The third-order valence-corrected chi connectivity index (χ3v) is 2.75. The van der Waals surface area contributed by atoms with E-state index in [1.54, 1.807) is 6.07 Å². The fraction of sp³-hybridized carbons (Fsp3) is 0.188. The van der Waals surface area contributed by atoms with Crippen LogP contribution in [0.1, 0.15) is 22.8 Å². The molecule has 0 unspecified atom stereocenters. The van der Waals surface area contributed by atoms with Gasteiger partial charge in [0.2, 0.25) is 0 Å². The quantitative estimate of drug-likeness (QED) is 0.908. The third kappa shape index (κ3) is 3.82. The molecule has 2 aromatic carbocycles. The van der Waals surface area contributed by atoms with Crippen molar-refractivity contribution in [2.24, 2.45) is 0 Å². The zero-order valence-electron chi connectivity index (χ0n) is 11.2. The van der Waals surface area contributed by atoms with E-state index in [1.165, 1.54) is 18.2 Å². The maximum atomic E-state index is 13.0. The lowest BCUT2D eigenvalue weighted by Gasteiger charge is -2.08. The van der Waals surface area contributed by atoms with Gasteiger partial charge in [-0.2, -0.15) is 0 Å². The number of amides is 1.